The quantitative estimate of drug-likeness (QED) is 0.389. The smallest absolute Gasteiger partial charge is 0.106 e. The number of nitrogens with zero attached hydrogens (tertiary/aromatic N) is 2. The fourth-order valence-corrected chi connectivity index (χ4v) is 3.11. The molecule has 0 amide bonds. The van der Waals surface area contributed by atoms with Crippen LogP contribution in [-0.2, 0) is 0 Å². The summed E-state index contributed by atoms with van der Waals surface area (Å²) in [6, 6.07) is 30.7. The molecule has 120 valence electrons. The average Bonchev–Trinajstić information content (AvgIpc) is 2.69. The second-order valence-corrected chi connectivity index (χ2v) is 6.52. The predicted octanol–water partition coefficient (Wildman–Crippen LogP) is 6.24. The molecule has 0 bridgehead atoms. The van der Waals surface area contributed by atoms with Crippen molar-refractivity contribution in [1.29, 1.82) is 0 Å². The largest absolute Gasteiger partial charge is 0.246 e. The van der Waals surface area contributed by atoms with E-state index < -0.39 is 0 Å². The van der Waals surface area contributed by atoms with E-state index in [0.29, 0.717) is 0 Å². The fraction of sp³-hybridized carbons (Fsp3) is 0. The van der Waals surface area contributed by atoms with Gasteiger partial charge in [-0.15, -0.1) is 0 Å². The number of halogens is 1. The molecule has 0 N–H and O–H groups in total. The van der Waals surface area contributed by atoms with Crippen molar-refractivity contribution in [2.45, 2.75) is 0 Å². The molecule has 2 aromatic carbocycles. The number of aromatic nitrogens is 2. The molecule has 4 aromatic rings. The van der Waals surface area contributed by atoms with Crippen molar-refractivity contribution in [3.8, 4) is 33.8 Å². The molecule has 0 aliphatic carbocycles. The van der Waals surface area contributed by atoms with Gasteiger partial charge in [-0.2, -0.15) is 0 Å². The van der Waals surface area contributed by atoms with Gasteiger partial charge in [-0.1, -0.05) is 66.7 Å². The number of benzene rings is 2. The molecular weight excluding hydrogens is 372 g/mol. The third-order valence-corrected chi connectivity index (χ3v) is 4.42. The first kappa shape index (κ1) is 15.7. The lowest BCUT2D eigenvalue weighted by Crippen LogP contribution is -1.93. The minimum absolute atomic E-state index is 0.804. The number of rotatable bonds is 3. The Labute approximate surface area is 155 Å². The highest BCUT2D eigenvalue weighted by Crippen LogP contribution is 2.29. The van der Waals surface area contributed by atoms with Crippen LogP contribution in [0.3, 0.4) is 0 Å². The molecule has 0 saturated heterocycles. The number of hydrogen-bond donors (Lipinski definition) is 0. The molecule has 0 radical (unpaired) electrons. The molecule has 2 heterocycles. The molecule has 25 heavy (non-hydrogen) atoms. The summed E-state index contributed by atoms with van der Waals surface area (Å²) in [6.45, 7) is 0. The highest BCUT2D eigenvalue weighted by molar-refractivity contribution is 9.10. The summed E-state index contributed by atoms with van der Waals surface area (Å²) in [5.74, 6) is 0. The summed E-state index contributed by atoms with van der Waals surface area (Å²) in [5, 5.41) is 0. The Balaban J connectivity index is 1.92. The van der Waals surface area contributed by atoms with E-state index in [4.69, 9.17) is 4.98 Å². The first-order chi connectivity index (χ1) is 12.3. The van der Waals surface area contributed by atoms with Crippen molar-refractivity contribution >= 4 is 15.9 Å². The standard InChI is InChI=1S/C22H15BrN2/c23-22-13-7-12-19(25-22)21-15-18(16-8-3-1-4-9-16)14-20(24-21)17-10-5-2-6-11-17/h1-15H. The average molecular weight is 387 g/mol. The second-order valence-electron chi connectivity index (χ2n) is 5.70. The Kier molecular flexibility index (Phi) is 4.40. The monoisotopic (exact) mass is 386 g/mol. The van der Waals surface area contributed by atoms with Gasteiger partial charge in [0, 0.05) is 5.56 Å². The van der Waals surface area contributed by atoms with Crippen molar-refractivity contribution in [2.75, 3.05) is 0 Å². The number of hydrogen-bond acceptors (Lipinski definition) is 2. The first-order valence-corrected chi connectivity index (χ1v) is 8.85. The van der Waals surface area contributed by atoms with E-state index in [9.17, 15) is 0 Å². The van der Waals surface area contributed by atoms with Gasteiger partial charge in [0.25, 0.3) is 0 Å². The minimum atomic E-state index is 0.804. The molecular formula is C22H15BrN2. The molecule has 0 aliphatic rings. The lowest BCUT2D eigenvalue weighted by atomic mass is 10.0. The second kappa shape index (κ2) is 6.99. The van der Waals surface area contributed by atoms with Crippen LogP contribution in [0, 0.1) is 0 Å². The van der Waals surface area contributed by atoms with Crippen LogP contribution in [0.2, 0.25) is 0 Å². The summed E-state index contributed by atoms with van der Waals surface area (Å²) >= 11 is 3.45. The van der Waals surface area contributed by atoms with Gasteiger partial charge in [0.15, 0.2) is 0 Å². The molecule has 2 aromatic heterocycles. The normalized spacial score (nSPS) is 10.6. The van der Waals surface area contributed by atoms with E-state index in [1.165, 1.54) is 5.56 Å². The van der Waals surface area contributed by atoms with Crippen LogP contribution in [0.1, 0.15) is 0 Å². The lowest BCUT2D eigenvalue weighted by molar-refractivity contribution is 1.22. The molecule has 2 nitrogen and oxygen atoms in total. The van der Waals surface area contributed by atoms with Gasteiger partial charge in [-0.3, -0.25) is 0 Å². The van der Waals surface area contributed by atoms with Gasteiger partial charge in [-0.25, -0.2) is 9.97 Å². The zero-order valence-corrected chi connectivity index (χ0v) is 15.0. The van der Waals surface area contributed by atoms with E-state index in [1.807, 2.05) is 42.5 Å². The Morgan fingerprint density at radius 3 is 1.80 bits per heavy atom. The maximum atomic E-state index is 4.86. The van der Waals surface area contributed by atoms with Crippen molar-refractivity contribution in [3.63, 3.8) is 0 Å². The third-order valence-electron chi connectivity index (χ3n) is 3.98. The summed E-state index contributed by atoms with van der Waals surface area (Å²) in [6.07, 6.45) is 0. The van der Waals surface area contributed by atoms with Gasteiger partial charge in [-0.05, 0) is 51.3 Å². The van der Waals surface area contributed by atoms with Gasteiger partial charge < -0.3 is 0 Å². The zero-order chi connectivity index (χ0) is 17.1. The molecule has 0 unspecified atom stereocenters. The van der Waals surface area contributed by atoms with Crippen LogP contribution in [0.15, 0.2) is 95.6 Å². The van der Waals surface area contributed by atoms with Crippen molar-refractivity contribution in [3.05, 3.63) is 95.6 Å². The minimum Gasteiger partial charge on any atom is -0.246 e. The topological polar surface area (TPSA) is 25.8 Å². The van der Waals surface area contributed by atoms with Gasteiger partial charge >= 0.3 is 0 Å². The van der Waals surface area contributed by atoms with Gasteiger partial charge in [0.1, 0.15) is 4.60 Å². The van der Waals surface area contributed by atoms with Crippen molar-refractivity contribution in [1.82, 2.24) is 9.97 Å². The van der Waals surface area contributed by atoms with E-state index in [0.717, 1.165) is 32.8 Å². The van der Waals surface area contributed by atoms with Crippen LogP contribution >= 0.6 is 15.9 Å². The Morgan fingerprint density at radius 1 is 0.480 bits per heavy atom. The van der Waals surface area contributed by atoms with Crippen molar-refractivity contribution in [2.24, 2.45) is 0 Å². The predicted molar refractivity (Wildman–Crippen MR) is 106 cm³/mol. The van der Waals surface area contributed by atoms with E-state index in [2.05, 4.69) is 69.4 Å². The van der Waals surface area contributed by atoms with Crippen LogP contribution in [0.4, 0.5) is 0 Å². The Morgan fingerprint density at radius 2 is 1.12 bits per heavy atom. The summed E-state index contributed by atoms with van der Waals surface area (Å²) < 4.78 is 0.804. The van der Waals surface area contributed by atoms with Crippen molar-refractivity contribution < 1.29 is 0 Å². The summed E-state index contributed by atoms with van der Waals surface area (Å²) in [5.41, 5.74) is 6.05. The highest BCUT2D eigenvalue weighted by atomic mass is 79.9. The van der Waals surface area contributed by atoms with E-state index >= 15 is 0 Å². The molecule has 0 fully saturated rings. The van der Waals surface area contributed by atoms with Crippen LogP contribution in [0.5, 0.6) is 0 Å². The van der Waals surface area contributed by atoms with Gasteiger partial charge in [0.05, 0.1) is 17.1 Å². The number of pyridine rings is 2. The lowest BCUT2D eigenvalue weighted by Gasteiger charge is -2.10. The fourth-order valence-electron chi connectivity index (χ4n) is 2.77. The van der Waals surface area contributed by atoms with Gasteiger partial charge in [0.2, 0.25) is 0 Å². The third kappa shape index (κ3) is 3.52. The maximum Gasteiger partial charge on any atom is 0.106 e. The van der Waals surface area contributed by atoms with Crippen LogP contribution < -0.4 is 0 Å². The molecule has 0 aliphatic heterocycles. The molecule has 0 saturated carbocycles. The van der Waals surface area contributed by atoms with Crippen LogP contribution in [-0.4, -0.2) is 9.97 Å². The zero-order valence-electron chi connectivity index (χ0n) is 13.4. The van der Waals surface area contributed by atoms with Crippen LogP contribution in [0.25, 0.3) is 33.8 Å². The summed E-state index contributed by atoms with van der Waals surface area (Å²) in [4.78, 5) is 9.42. The van der Waals surface area contributed by atoms with E-state index in [-0.39, 0.29) is 0 Å². The molecule has 4 rings (SSSR count). The maximum absolute atomic E-state index is 4.86. The van der Waals surface area contributed by atoms with E-state index in [1.54, 1.807) is 0 Å². The first-order valence-electron chi connectivity index (χ1n) is 8.05. The molecule has 0 atom stereocenters. The highest BCUT2D eigenvalue weighted by Gasteiger charge is 2.09. The molecule has 0 spiro atoms. The Bertz CT molecular complexity index is 941. The summed E-state index contributed by atoms with van der Waals surface area (Å²) in [7, 11) is 0. The Hall–Kier alpha value is -2.78. The molecule has 3 heteroatoms. The SMILES string of the molecule is Brc1cccc(-c2cc(-c3ccccc3)cc(-c3ccccc3)n2)n1.